The van der Waals surface area contributed by atoms with Crippen molar-refractivity contribution in [2.24, 2.45) is 0 Å². The fraction of sp³-hybridized carbons (Fsp3) is 0. The molecule has 5 heteroatoms. The first-order chi connectivity index (χ1) is 10.1. The number of benzene rings is 2. The monoisotopic (exact) mass is 358 g/mol. The average Bonchev–Trinajstić information content (AvgIpc) is 2.49. The third kappa shape index (κ3) is 3.09. The third-order valence-corrected chi connectivity index (χ3v) is 4.01. The second-order valence-electron chi connectivity index (χ2n) is 4.53. The lowest BCUT2D eigenvalue weighted by Crippen LogP contribution is -2.12. The van der Waals surface area contributed by atoms with Crippen molar-refractivity contribution in [1.82, 2.24) is 4.98 Å². The van der Waals surface area contributed by atoms with E-state index < -0.39 is 0 Å². The molecule has 0 aliphatic rings. The van der Waals surface area contributed by atoms with Crippen LogP contribution in [0, 0.1) is 0 Å². The Balaban J connectivity index is 1.90. The maximum absolute atomic E-state index is 12.3. The molecule has 104 valence electrons. The van der Waals surface area contributed by atoms with E-state index in [9.17, 15) is 4.79 Å². The molecule has 0 saturated heterocycles. The molecule has 2 aromatic carbocycles. The first-order valence-electron chi connectivity index (χ1n) is 6.28. The summed E-state index contributed by atoms with van der Waals surface area (Å²) in [5, 5.41) is 3.84. The molecule has 1 N–H and O–H groups in total. The van der Waals surface area contributed by atoms with Crippen LogP contribution in [0.3, 0.4) is 0 Å². The number of carbonyl (C=O) groups excluding carboxylic acids is 1. The van der Waals surface area contributed by atoms with Crippen LogP contribution in [0.2, 0.25) is 0 Å². The van der Waals surface area contributed by atoms with Crippen LogP contribution in [0.25, 0.3) is 10.9 Å². The predicted octanol–water partition coefficient (Wildman–Crippen LogP) is 4.54. The van der Waals surface area contributed by atoms with Crippen molar-refractivity contribution in [3.8, 4) is 0 Å². The number of aromatic nitrogens is 1. The van der Waals surface area contributed by atoms with Gasteiger partial charge in [0.15, 0.2) is 0 Å². The van der Waals surface area contributed by atoms with Gasteiger partial charge in [0.25, 0.3) is 5.91 Å². The van der Waals surface area contributed by atoms with Crippen LogP contribution in [0.15, 0.2) is 64.1 Å². The van der Waals surface area contributed by atoms with Crippen LogP contribution in [-0.4, -0.2) is 10.9 Å². The zero-order valence-electron chi connectivity index (χ0n) is 10.9. The van der Waals surface area contributed by atoms with E-state index in [2.05, 4.69) is 38.9 Å². The Kier molecular flexibility index (Phi) is 3.94. The van der Waals surface area contributed by atoms with Gasteiger partial charge in [-0.2, -0.15) is 0 Å². The van der Waals surface area contributed by atoms with Crippen LogP contribution in [0.4, 0.5) is 5.69 Å². The van der Waals surface area contributed by atoms with Gasteiger partial charge >= 0.3 is 0 Å². The van der Waals surface area contributed by atoms with Crippen molar-refractivity contribution in [1.29, 1.82) is 0 Å². The summed E-state index contributed by atoms with van der Waals surface area (Å²) in [5.41, 5.74) is 2.10. The van der Waals surface area contributed by atoms with Crippen LogP contribution in [0.5, 0.6) is 0 Å². The molecule has 0 radical (unpaired) electrons. The van der Waals surface area contributed by atoms with Gasteiger partial charge in [-0.05, 0) is 46.3 Å². The summed E-state index contributed by atoms with van der Waals surface area (Å²) in [6.45, 7) is 0. The Hall–Kier alpha value is -1.85. The van der Waals surface area contributed by atoms with E-state index in [4.69, 9.17) is 0 Å². The molecular weight excluding hydrogens is 348 g/mol. The van der Waals surface area contributed by atoms with Gasteiger partial charge in [-0.15, -0.1) is 12.6 Å². The first-order valence-corrected chi connectivity index (χ1v) is 7.52. The Morgan fingerprint density at radius 1 is 1.14 bits per heavy atom. The largest absolute Gasteiger partial charge is 0.321 e. The van der Waals surface area contributed by atoms with E-state index in [1.807, 2.05) is 36.4 Å². The molecular formula is C16H11BrN2OS. The molecule has 3 rings (SSSR count). The van der Waals surface area contributed by atoms with E-state index in [1.165, 1.54) is 0 Å². The van der Waals surface area contributed by atoms with Gasteiger partial charge in [-0.3, -0.25) is 9.78 Å². The molecule has 1 heterocycles. The molecule has 0 fully saturated rings. The molecule has 0 atom stereocenters. The fourth-order valence-corrected chi connectivity index (χ4v) is 2.66. The summed E-state index contributed by atoms with van der Waals surface area (Å²) < 4.78 is 0.728. The maximum atomic E-state index is 12.3. The number of anilines is 1. The zero-order chi connectivity index (χ0) is 14.8. The van der Waals surface area contributed by atoms with E-state index in [0.717, 1.165) is 20.3 Å². The van der Waals surface area contributed by atoms with Crippen molar-refractivity contribution in [3.05, 3.63) is 64.8 Å². The molecule has 0 aliphatic carbocycles. The number of rotatable bonds is 2. The van der Waals surface area contributed by atoms with Crippen molar-refractivity contribution >= 4 is 51.1 Å². The molecule has 21 heavy (non-hydrogen) atoms. The molecule has 0 spiro atoms. The molecule has 0 aliphatic heterocycles. The second kappa shape index (κ2) is 5.87. The number of pyridine rings is 1. The highest BCUT2D eigenvalue weighted by atomic mass is 79.9. The summed E-state index contributed by atoms with van der Waals surface area (Å²) in [5.74, 6) is -0.199. The van der Waals surface area contributed by atoms with Gasteiger partial charge in [-0.25, -0.2) is 0 Å². The number of hydrogen-bond donors (Lipinski definition) is 2. The average molecular weight is 359 g/mol. The Labute approximate surface area is 135 Å². The minimum absolute atomic E-state index is 0.199. The Morgan fingerprint density at radius 3 is 2.81 bits per heavy atom. The van der Waals surface area contributed by atoms with E-state index in [-0.39, 0.29) is 5.91 Å². The summed E-state index contributed by atoms with van der Waals surface area (Å²) in [7, 11) is 0. The van der Waals surface area contributed by atoms with Crippen molar-refractivity contribution in [2.45, 2.75) is 4.90 Å². The van der Waals surface area contributed by atoms with Gasteiger partial charge < -0.3 is 5.32 Å². The molecule has 0 bridgehead atoms. The smallest absolute Gasteiger partial charge is 0.256 e. The number of carbonyl (C=O) groups is 1. The fourth-order valence-electron chi connectivity index (χ4n) is 2.03. The normalized spacial score (nSPS) is 10.6. The summed E-state index contributed by atoms with van der Waals surface area (Å²) in [4.78, 5) is 17.4. The molecule has 0 unspecified atom stereocenters. The minimum Gasteiger partial charge on any atom is -0.321 e. The lowest BCUT2D eigenvalue weighted by molar-refractivity contribution is 0.102. The summed E-state index contributed by atoms with van der Waals surface area (Å²) >= 11 is 7.63. The predicted molar refractivity (Wildman–Crippen MR) is 91.1 cm³/mol. The van der Waals surface area contributed by atoms with Crippen LogP contribution < -0.4 is 5.32 Å². The molecule has 3 aromatic rings. The number of halogens is 1. The molecule has 1 amide bonds. The highest BCUT2D eigenvalue weighted by Crippen LogP contribution is 2.22. The Bertz CT molecular complexity index is 835. The quantitative estimate of drug-likeness (QED) is 0.660. The van der Waals surface area contributed by atoms with Gasteiger partial charge in [0, 0.05) is 14.8 Å². The van der Waals surface area contributed by atoms with Gasteiger partial charge in [-0.1, -0.05) is 18.2 Å². The molecule has 1 aromatic heterocycles. The van der Waals surface area contributed by atoms with Crippen LogP contribution in [0.1, 0.15) is 10.4 Å². The molecule has 0 saturated carbocycles. The van der Waals surface area contributed by atoms with Gasteiger partial charge in [0.05, 0.1) is 23.0 Å². The van der Waals surface area contributed by atoms with Gasteiger partial charge in [0.1, 0.15) is 0 Å². The topological polar surface area (TPSA) is 42.0 Å². The van der Waals surface area contributed by atoms with E-state index >= 15 is 0 Å². The highest BCUT2D eigenvalue weighted by Gasteiger charge is 2.11. The van der Waals surface area contributed by atoms with Crippen molar-refractivity contribution in [2.75, 3.05) is 5.32 Å². The number of thiol groups is 1. The van der Waals surface area contributed by atoms with Crippen LogP contribution in [-0.2, 0) is 0 Å². The zero-order valence-corrected chi connectivity index (χ0v) is 13.4. The number of nitrogens with zero attached hydrogens (tertiary/aromatic N) is 1. The van der Waals surface area contributed by atoms with Gasteiger partial charge in [0.2, 0.25) is 0 Å². The van der Waals surface area contributed by atoms with E-state index in [0.29, 0.717) is 11.3 Å². The Morgan fingerprint density at radius 2 is 1.95 bits per heavy atom. The number of para-hydroxylation sites is 1. The summed E-state index contributed by atoms with van der Waals surface area (Å²) in [6, 6.07) is 15.0. The maximum Gasteiger partial charge on any atom is 0.256 e. The number of fused-ring (bicyclic) bond motifs is 1. The number of amides is 1. The van der Waals surface area contributed by atoms with E-state index in [1.54, 1.807) is 18.3 Å². The lowest BCUT2D eigenvalue weighted by atomic mass is 10.2. The number of hydrogen-bond acceptors (Lipinski definition) is 3. The SMILES string of the molecule is O=C(Nc1cnc2ccccc2c1)c1cc(S)ccc1Br. The van der Waals surface area contributed by atoms with Crippen molar-refractivity contribution in [3.63, 3.8) is 0 Å². The lowest BCUT2D eigenvalue weighted by Gasteiger charge is -2.08. The third-order valence-electron chi connectivity index (χ3n) is 3.04. The molecule has 3 nitrogen and oxygen atoms in total. The second-order valence-corrected chi connectivity index (χ2v) is 5.91. The first kappa shape index (κ1) is 14.1. The minimum atomic E-state index is -0.199. The highest BCUT2D eigenvalue weighted by molar-refractivity contribution is 9.10. The summed E-state index contributed by atoms with van der Waals surface area (Å²) in [6.07, 6.45) is 1.65. The van der Waals surface area contributed by atoms with Crippen LogP contribution >= 0.6 is 28.6 Å². The number of nitrogens with one attached hydrogen (secondary N) is 1. The van der Waals surface area contributed by atoms with Crippen molar-refractivity contribution < 1.29 is 4.79 Å². The standard InChI is InChI=1S/C16H11BrN2OS/c17-14-6-5-12(21)8-13(14)16(20)19-11-7-10-3-1-2-4-15(10)18-9-11/h1-9,21H,(H,19,20).